The molecule has 0 bridgehead atoms. The lowest BCUT2D eigenvalue weighted by Crippen LogP contribution is -2.08. The first-order valence-electron chi connectivity index (χ1n) is 6.35. The molecule has 94 valence electrons. The summed E-state index contributed by atoms with van der Waals surface area (Å²) in [6.45, 7) is 6.51. The second-order valence-electron chi connectivity index (χ2n) is 4.71. The van der Waals surface area contributed by atoms with E-state index in [0.29, 0.717) is 12.5 Å². The molecular formula is C14H21NO2. The van der Waals surface area contributed by atoms with Gasteiger partial charge in [0.2, 0.25) is 0 Å². The third-order valence-electron chi connectivity index (χ3n) is 3.03. The maximum atomic E-state index is 5.86. The van der Waals surface area contributed by atoms with Crippen molar-refractivity contribution in [2.75, 3.05) is 19.8 Å². The van der Waals surface area contributed by atoms with Gasteiger partial charge in [0.15, 0.2) is 11.5 Å². The lowest BCUT2D eigenvalue weighted by molar-refractivity contribution is 0.295. The SMILES string of the molecule is CC(C)c1c(CCN)ccc2c1OCCCO2. The van der Waals surface area contributed by atoms with Crippen molar-refractivity contribution in [1.29, 1.82) is 0 Å². The second-order valence-corrected chi connectivity index (χ2v) is 4.71. The largest absolute Gasteiger partial charge is 0.490 e. The maximum absolute atomic E-state index is 5.86. The normalized spacial score (nSPS) is 14.8. The topological polar surface area (TPSA) is 44.5 Å². The van der Waals surface area contributed by atoms with Gasteiger partial charge in [0.05, 0.1) is 13.2 Å². The van der Waals surface area contributed by atoms with Crippen molar-refractivity contribution in [3.63, 3.8) is 0 Å². The van der Waals surface area contributed by atoms with Crippen LogP contribution in [0.25, 0.3) is 0 Å². The summed E-state index contributed by atoms with van der Waals surface area (Å²) in [5.41, 5.74) is 8.21. The van der Waals surface area contributed by atoms with Gasteiger partial charge >= 0.3 is 0 Å². The summed E-state index contributed by atoms with van der Waals surface area (Å²) >= 11 is 0. The Hall–Kier alpha value is -1.22. The van der Waals surface area contributed by atoms with Crippen LogP contribution in [0.1, 0.15) is 37.3 Å². The van der Waals surface area contributed by atoms with Crippen LogP contribution in [-0.2, 0) is 6.42 Å². The third kappa shape index (κ3) is 2.55. The molecule has 0 amide bonds. The van der Waals surface area contributed by atoms with Crippen LogP contribution in [0.15, 0.2) is 12.1 Å². The Balaban J connectivity index is 2.47. The first-order valence-corrected chi connectivity index (χ1v) is 6.35. The van der Waals surface area contributed by atoms with Crippen LogP contribution in [-0.4, -0.2) is 19.8 Å². The molecular weight excluding hydrogens is 214 g/mol. The molecule has 2 rings (SSSR count). The molecule has 0 unspecified atom stereocenters. The predicted octanol–water partition coefficient (Wildman–Crippen LogP) is 2.47. The molecule has 1 aliphatic rings. The summed E-state index contributed by atoms with van der Waals surface area (Å²) in [7, 11) is 0. The fourth-order valence-corrected chi connectivity index (χ4v) is 2.30. The first-order chi connectivity index (χ1) is 8.24. The van der Waals surface area contributed by atoms with Crippen LogP contribution in [0.4, 0.5) is 0 Å². The number of benzene rings is 1. The lowest BCUT2D eigenvalue weighted by atomic mass is 9.93. The molecule has 3 heteroatoms. The van der Waals surface area contributed by atoms with Crippen molar-refractivity contribution in [2.45, 2.75) is 32.6 Å². The van der Waals surface area contributed by atoms with Crippen molar-refractivity contribution >= 4 is 0 Å². The Kier molecular flexibility index (Phi) is 3.89. The van der Waals surface area contributed by atoms with Crippen molar-refractivity contribution < 1.29 is 9.47 Å². The van der Waals surface area contributed by atoms with E-state index in [1.165, 1.54) is 11.1 Å². The molecule has 0 spiro atoms. The molecule has 0 atom stereocenters. The molecule has 0 aliphatic carbocycles. The van der Waals surface area contributed by atoms with Crippen LogP contribution in [0, 0.1) is 0 Å². The smallest absolute Gasteiger partial charge is 0.164 e. The highest BCUT2D eigenvalue weighted by Gasteiger charge is 2.19. The molecule has 0 radical (unpaired) electrons. The van der Waals surface area contributed by atoms with E-state index in [2.05, 4.69) is 19.9 Å². The van der Waals surface area contributed by atoms with Gasteiger partial charge in [-0.15, -0.1) is 0 Å². The van der Waals surface area contributed by atoms with E-state index in [0.717, 1.165) is 37.6 Å². The average Bonchev–Trinajstić information content (AvgIpc) is 2.53. The molecule has 0 aromatic heterocycles. The predicted molar refractivity (Wildman–Crippen MR) is 68.9 cm³/mol. The number of hydrogen-bond donors (Lipinski definition) is 1. The number of nitrogens with two attached hydrogens (primary N) is 1. The fourth-order valence-electron chi connectivity index (χ4n) is 2.30. The summed E-state index contributed by atoms with van der Waals surface area (Å²) in [5, 5.41) is 0. The number of hydrogen-bond acceptors (Lipinski definition) is 3. The van der Waals surface area contributed by atoms with E-state index in [-0.39, 0.29) is 0 Å². The fraction of sp³-hybridized carbons (Fsp3) is 0.571. The van der Waals surface area contributed by atoms with Crippen molar-refractivity contribution in [2.24, 2.45) is 5.73 Å². The van der Waals surface area contributed by atoms with E-state index in [9.17, 15) is 0 Å². The Morgan fingerprint density at radius 3 is 2.71 bits per heavy atom. The minimum Gasteiger partial charge on any atom is -0.490 e. The Morgan fingerprint density at radius 1 is 1.24 bits per heavy atom. The minimum absolute atomic E-state index is 0.424. The summed E-state index contributed by atoms with van der Waals surface area (Å²) in [5.74, 6) is 2.24. The van der Waals surface area contributed by atoms with Crippen molar-refractivity contribution in [1.82, 2.24) is 0 Å². The minimum atomic E-state index is 0.424. The van der Waals surface area contributed by atoms with Gasteiger partial charge in [-0.2, -0.15) is 0 Å². The van der Waals surface area contributed by atoms with Crippen LogP contribution in [0.2, 0.25) is 0 Å². The maximum Gasteiger partial charge on any atom is 0.164 e. The van der Waals surface area contributed by atoms with Gasteiger partial charge in [0.1, 0.15) is 0 Å². The van der Waals surface area contributed by atoms with E-state index >= 15 is 0 Å². The summed E-state index contributed by atoms with van der Waals surface area (Å²) in [6.07, 6.45) is 1.84. The number of rotatable bonds is 3. The molecule has 1 heterocycles. The zero-order chi connectivity index (χ0) is 12.3. The quantitative estimate of drug-likeness (QED) is 0.875. The van der Waals surface area contributed by atoms with Crippen LogP contribution in [0.5, 0.6) is 11.5 Å². The summed E-state index contributed by atoms with van der Waals surface area (Å²) in [6, 6.07) is 4.13. The Morgan fingerprint density at radius 2 is 2.00 bits per heavy atom. The zero-order valence-electron chi connectivity index (χ0n) is 10.7. The van der Waals surface area contributed by atoms with Crippen molar-refractivity contribution in [3.8, 4) is 11.5 Å². The molecule has 17 heavy (non-hydrogen) atoms. The van der Waals surface area contributed by atoms with Crippen molar-refractivity contribution in [3.05, 3.63) is 23.3 Å². The highest BCUT2D eigenvalue weighted by atomic mass is 16.5. The molecule has 1 aromatic rings. The summed E-state index contributed by atoms with van der Waals surface area (Å²) in [4.78, 5) is 0. The van der Waals surface area contributed by atoms with Gasteiger partial charge in [-0.1, -0.05) is 19.9 Å². The molecule has 0 saturated carbocycles. The van der Waals surface area contributed by atoms with Gasteiger partial charge in [-0.05, 0) is 30.5 Å². The van der Waals surface area contributed by atoms with Gasteiger partial charge in [0.25, 0.3) is 0 Å². The lowest BCUT2D eigenvalue weighted by Gasteiger charge is -2.19. The van der Waals surface area contributed by atoms with E-state index in [1.807, 2.05) is 6.07 Å². The van der Waals surface area contributed by atoms with Crippen LogP contribution < -0.4 is 15.2 Å². The second kappa shape index (κ2) is 5.41. The molecule has 3 nitrogen and oxygen atoms in total. The molecule has 0 fully saturated rings. The van der Waals surface area contributed by atoms with E-state index < -0.39 is 0 Å². The highest BCUT2D eigenvalue weighted by Crippen LogP contribution is 2.39. The zero-order valence-corrected chi connectivity index (χ0v) is 10.7. The molecule has 2 N–H and O–H groups in total. The third-order valence-corrected chi connectivity index (χ3v) is 3.03. The van der Waals surface area contributed by atoms with Gasteiger partial charge in [-0.25, -0.2) is 0 Å². The Labute approximate surface area is 103 Å². The van der Waals surface area contributed by atoms with Crippen LogP contribution in [0.3, 0.4) is 0 Å². The Bertz CT molecular complexity index is 388. The van der Waals surface area contributed by atoms with Crippen LogP contribution >= 0.6 is 0 Å². The number of ether oxygens (including phenoxy) is 2. The highest BCUT2D eigenvalue weighted by molar-refractivity contribution is 5.52. The van der Waals surface area contributed by atoms with Gasteiger partial charge < -0.3 is 15.2 Å². The number of fused-ring (bicyclic) bond motifs is 1. The molecule has 0 saturated heterocycles. The summed E-state index contributed by atoms with van der Waals surface area (Å²) < 4.78 is 11.6. The average molecular weight is 235 g/mol. The van der Waals surface area contributed by atoms with Gasteiger partial charge in [0, 0.05) is 12.0 Å². The van der Waals surface area contributed by atoms with E-state index in [1.54, 1.807) is 0 Å². The molecule has 1 aliphatic heterocycles. The van der Waals surface area contributed by atoms with E-state index in [4.69, 9.17) is 15.2 Å². The molecule has 1 aromatic carbocycles. The van der Waals surface area contributed by atoms with Gasteiger partial charge in [-0.3, -0.25) is 0 Å². The first kappa shape index (κ1) is 12.2. The monoisotopic (exact) mass is 235 g/mol. The standard InChI is InChI=1S/C14H21NO2/c1-10(2)13-11(6-7-15)4-5-12-14(13)17-9-3-8-16-12/h4-5,10H,3,6-9,15H2,1-2H3.